The number of nitrogens with zero attached hydrogens (tertiary/aromatic N) is 4. The number of ether oxygens (including phenoxy) is 2. The summed E-state index contributed by atoms with van der Waals surface area (Å²) in [5.74, 6) is 0.400. The maximum absolute atomic E-state index is 12.9. The Labute approximate surface area is 177 Å². The fourth-order valence-electron chi connectivity index (χ4n) is 4.56. The molecule has 3 saturated heterocycles. The van der Waals surface area contributed by atoms with Crippen LogP contribution < -0.4 is 4.90 Å². The molecule has 0 radical (unpaired) electrons. The van der Waals surface area contributed by atoms with Crippen molar-refractivity contribution in [3.05, 3.63) is 42.1 Å². The second-order valence-electron chi connectivity index (χ2n) is 8.27. The summed E-state index contributed by atoms with van der Waals surface area (Å²) in [6.45, 7) is 4.65. The van der Waals surface area contributed by atoms with Gasteiger partial charge in [0.25, 0.3) is 5.91 Å². The smallest absolute Gasteiger partial charge is 0.253 e. The van der Waals surface area contributed by atoms with Crippen LogP contribution >= 0.6 is 0 Å². The van der Waals surface area contributed by atoms with Gasteiger partial charge in [0.05, 0.1) is 18.9 Å². The Morgan fingerprint density at radius 1 is 0.900 bits per heavy atom. The quantitative estimate of drug-likeness (QED) is 0.777. The van der Waals surface area contributed by atoms with Gasteiger partial charge in [-0.2, -0.15) is 0 Å². The number of amides is 1. The molecule has 3 aliphatic rings. The molecule has 30 heavy (non-hydrogen) atoms. The third-order valence-electron chi connectivity index (χ3n) is 6.34. The van der Waals surface area contributed by atoms with E-state index in [-0.39, 0.29) is 5.91 Å². The van der Waals surface area contributed by atoms with Crippen LogP contribution in [0.5, 0.6) is 0 Å². The van der Waals surface area contributed by atoms with Gasteiger partial charge >= 0.3 is 0 Å². The predicted molar refractivity (Wildman–Crippen MR) is 113 cm³/mol. The number of hydrogen-bond donors (Lipinski definition) is 0. The van der Waals surface area contributed by atoms with Crippen molar-refractivity contribution in [2.75, 3.05) is 44.3 Å². The molecule has 2 aromatic rings. The normalized spacial score (nSPS) is 21.2. The van der Waals surface area contributed by atoms with Gasteiger partial charge in [-0.3, -0.25) is 4.79 Å². The van der Waals surface area contributed by atoms with Gasteiger partial charge in [0.15, 0.2) is 5.79 Å². The average molecular weight is 409 g/mol. The summed E-state index contributed by atoms with van der Waals surface area (Å²) in [5.41, 5.74) is 2.59. The van der Waals surface area contributed by atoms with E-state index in [1.807, 2.05) is 41.4 Å². The van der Waals surface area contributed by atoms with Crippen LogP contribution in [0.25, 0.3) is 11.3 Å². The number of carbonyl (C=O) groups excluding carboxylic acids is 1. The summed E-state index contributed by atoms with van der Waals surface area (Å²) in [4.78, 5) is 26.3. The standard InChI is InChI=1S/C23H28N4O3/c28-21(26-14-9-23(10-15-26)29-16-17-30-23)19-6-4-18(5-7-19)20-8-11-24-22(25-20)27-12-2-1-3-13-27/h4-8,11H,1-3,9-10,12-17H2. The van der Waals surface area contributed by atoms with Crippen molar-refractivity contribution >= 4 is 11.9 Å². The average Bonchev–Trinajstić information content (AvgIpc) is 3.28. The van der Waals surface area contributed by atoms with Crippen LogP contribution in [0.15, 0.2) is 36.5 Å². The van der Waals surface area contributed by atoms with E-state index in [9.17, 15) is 4.79 Å². The molecule has 0 bridgehead atoms. The third-order valence-corrected chi connectivity index (χ3v) is 6.34. The number of benzene rings is 1. The number of piperidine rings is 2. The van der Waals surface area contributed by atoms with Crippen LogP contribution in [-0.4, -0.2) is 66.0 Å². The minimum Gasteiger partial charge on any atom is -0.347 e. The minimum absolute atomic E-state index is 0.0612. The molecule has 0 aliphatic carbocycles. The second kappa shape index (κ2) is 8.32. The van der Waals surface area contributed by atoms with Gasteiger partial charge in [-0.05, 0) is 37.5 Å². The summed E-state index contributed by atoms with van der Waals surface area (Å²) in [5, 5.41) is 0. The van der Waals surface area contributed by atoms with Crippen LogP contribution in [-0.2, 0) is 9.47 Å². The number of rotatable bonds is 3. The number of hydrogen-bond acceptors (Lipinski definition) is 6. The fraction of sp³-hybridized carbons (Fsp3) is 0.522. The molecule has 3 aliphatic heterocycles. The van der Waals surface area contributed by atoms with Gasteiger partial charge in [-0.25, -0.2) is 9.97 Å². The molecular weight excluding hydrogens is 380 g/mol. The lowest BCUT2D eigenvalue weighted by Gasteiger charge is -2.37. The Morgan fingerprint density at radius 2 is 1.60 bits per heavy atom. The first kappa shape index (κ1) is 19.5. The molecule has 0 unspecified atom stereocenters. The second-order valence-corrected chi connectivity index (χ2v) is 8.27. The Kier molecular flexibility index (Phi) is 5.39. The van der Waals surface area contributed by atoms with Crippen molar-refractivity contribution in [2.45, 2.75) is 37.9 Å². The predicted octanol–water partition coefficient (Wildman–Crippen LogP) is 3.11. The molecular formula is C23H28N4O3. The Bertz CT molecular complexity index is 880. The first-order valence-electron chi connectivity index (χ1n) is 11.0. The molecule has 7 heteroatoms. The van der Waals surface area contributed by atoms with Crippen LogP contribution in [0.1, 0.15) is 42.5 Å². The number of carbonyl (C=O) groups is 1. The van der Waals surface area contributed by atoms with Gasteiger partial charge in [0.2, 0.25) is 5.95 Å². The topological polar surface area (TPSA) is 67.8 Å². The van der Waals surface area contributed by atoms with E-state index in [1.54, 1.807) is 0 Å². The highest BCUT2D eigenvalue weighted by atomic mass is 16.7. The molecule has 1 amide bonds. The van der Waals surface area contributed by atoms with E-state index in [0.717, 1.165) is 43.1 Å². The number of aromatic nitrogens is 2. The summed E-state index contributed by atoms with van der Waals surface area (Å²) in [7, 11) is 0. The van der Waals surface area contributed by atoms with Gasteiger partial charge in [0.1, 0.15) is 0 Å². The first-order valence-corrected chi connectivity index (χ1v) is 11.0. The first-order chi connectivity index (χ1) is 14.7. The Morgan fingerprint density at radius 3 is 2.30 bits per heavy atom. The van der Waals surface area contributed by atoms with E-state index in [1.165, 1.54) is 19.3 Å². The lowest BCUT2D eigenvalue weighted by atomic mass is 10.0. The van der Waals surface area contributed by atoms with Gasteiger partial charge in [0, 0.05) is 56.3 Å². The van der Waals surface area contributed by atoms with Crippen LogP contribution in [0.3, 0.4) is 0 Å². The summed E-state index contributed by atoms with van der Waals surface area (Å²) in [6, 6.07) is 9.67. The lowest BCUT2D eigenvalue weighted by molar-refractivity contribution is -0.181. The zero-order valence-corrected chi connectivity index (χ0v) is 17.3. The zero-order chi connectivity index (χ0) is 20.4. The van der Waals surface area contributed by atoms with Crippen molar-refractivity contribution in [3.8, 4) is 11.3 Å². The highest BCUT2D eigenvalue weighted by molar-refractivity contribution is 5.94. The van der Waals surface area contributed by atoms with Crippen molar-refractivity contribution in [2.24, 2.45) is 0 Å². The van der Waals surface area contributed by atoms with Gasteiger partial charge < -0.3 is 19.3 Å². The number of anilines is 1. The van der Waals surface area contributed by atoms with E-state index in [2.05, 4.69) is 9.88 Å². The minimum atomic E-state index is -0.459. The summed E-state index contributed by atoms with van der Waals surface area (Å²) in [6.07, 6.45) is 6.96. The molecule has 1 aromatic heterocycles. The molecule has 4 heterocycles. The van der Waals surface area contributed by atoms with Gasteiger partial charge in [-0.1, -0.05) is 12.1 Å². The fourth-order valence-corrected chi connectivity index (χ4v) is 4.56. The molecule has 3 fully saturated rings. The van der Waals surface area contributed by atoms with E-state index in [0.29, 0.717) is 31.9 Å². The van der Waals surface area contributed by atoms with Crippen molar-refractivity contribution < 1.29 is 14.3 Å². The molecule has 0 saturated carbocycles. The zero-order valence-electron chi connectivity index (χ0n) is 17.3. The maximum Gasteiger partial charge on any atom is 0.253 e. The molecule has 1 aromatic carbocycles. The van der Waals surface area contributed by atoms with E-state index in [4.69, 9.17) is 14.5 Å². The van der Waals surface area contributed by atoms with Crippen molar-refractivity contribution in [3.63, 3.8) is 0 Å². The highest BCUT2D eigenvalue weighted by Crippen LogP contribution is 2.32. The van der Waals surface area contributed by atoms with E-state index < -0.39 is 5.79 Å². The van der Waals surface area contributed by atoms with Gasteiger partial charge in [-0.15, -0.1) is 0 Å². The van der Waals surface area contributed by atoms with Crippen LogP contribution in [0, 0.1) is 0 Å². The van der Waals surface area contributed by atoms with E-state index >= 15 is 0 Å². The molecule has 158 valence electrons. The largest absolute Gasteiger partial charge is 0.347 e. The van der Waals surface area contributed by atoms with Crippen molar-refractivity contribution in [1.82, 2.24) is 14.9 Å². The molecule has 7 nitrogen and oxygen atoms in total. The third kappa shape index (κ3) is 3.91. The molecule has 0 atom stereocenters. The SMILES string of the molecule is O=C(c1ccc(-c2ccnc(N3CCCCC3)n2)cc1)N1CCC2(CC1)OCCO2. The Balaban J connectivity index is 1.26. The maximum atomic E-state index is 12.9. The molecule has 1 spiro atoms. The highest BCUT2D eigenvalue weighted by Gasteiger charge is 2.40. The lowest BCUT2D eigenvalue weighted by Crippen LogP contribution is -2.47. The summed E-state index contributed by atoms with van der Waals surface area (Å²) >= 11 is 0. The summed E-state index contributed by atoms with van der Waals surface area (Å²) < 4.78 is 11.5. The monoisotopic (exact) mass is 408 g/mol. The van der Waals surface area contributed by atoms with Crippen molar-refractivity contribution in [1.29, 1.82) is 0 Å². The molecule has 5 rings (SSSR count). The van der Waals surface area contributed by atoms with Crippen LogP contribution in [0.2, 0.25) is 0 Å². The molecule has 0 N–H and O–H groups in total. The number of likely N-dealkylation sites (tertiary alicyclic amines) is 1. The van der Waals surface area contributed by atoms with Crippen LogP contribution in [0.4, 0.5) is 5.95 Å². The Hall–Kier alpha value is -2.51.